The number of rotatable bonds is 3. The van der Waals surface area contributed by atoms with Crippen LogP contribution in [0.5, 0.6) is 0 Å². The normalized spacial score (nSPS) is 27.9. The molecule has 0 bridgehead atoms. The van der Waals surface area contributed by atoms with E-state index >= 15 is 0 Å². The molecule has 1 fully saturated rings. The van der Waals surface area contributed by atoms with Crippen molar-refractivity contribution in [1.82, 2.24) is 5.32 Å². The van der Waals surface area contributed by atoms with Gasteiger partial charge in [0.05, 0.1) is 6.10 Å². The lowest BCUT2D eigenvalue weighted by Crippen LogP contribution is -2.36. The maximum Gasteiger partial charge on any atom is 0.0700 e. The van der Waals surface area contributed by atoms with E-state index in [9.17, 15) is 0 Å². The molecule has 1 heterocycles. The first kappa shape index (κ1) is 10.7. The van der Waals surface area contributed by atoms with Gasteiger partial charge in [0, 0.05) is 18.7 Å². The van der Waals surface area contributed by atoms with Gasteiger partial charge in [-0.2, -0.15) is 0 Å². The highest BCUT2D eigenvalue weighted by molar-refractivity contribution is 5.18. The number of nitrogens with one attached hydrogen (secondary N) is 1. The second-order valence-corrected chi connectivity index (χ2v) is 4.27. The first-order valence-electron chi connectivity index (χ1n) is 5.70. The average Bonchev–Trinajstić information content (AvgIpc) is 2.66. The van der Waals surface area contributed by atoms with E-state index in [0.717, 1.165) is 13.0 Å². The number of ether oxygens (including phenoxy) is 1. The zero-order valence-corrected chi connectivity index (χ0v) is 9.44. The van der Waals surface area contributed by atoms with Gasteiger partial charge in [-0.05, 0) is 25.8 Å². The summed E-state index contributed by atoms with van der Waals surface area (Å²) >= 11 is 0. The lowest BCUT2D eigenvalue weighted by Gasteiger charge is -2.21. The zero-order valence-electron chi connectivity index (χ0n) is 9.44. The second-order valence-electron chi connectivity index (χ2n) is 4.27. The smallest absolute Gasteiger partial charge is 0.0700 e. The van der Waals surface area contributed by atoms with Gasteiger partial charge in [-0.3, -0.25) is 0 Å². The van der Waals surface area contributed by atoms with Gasteiger partial charge in [0.25, 0.3) is 0 Å². The van der Waals surface area contributed by atoms with Crippen molar-refractivity contribution in [3.05, 3.63) is 35.9 Å². The third-order valence-electron chi connectivity index (χ3n) is 3.14. The highest BCUT2D eigenvalue weighted by Crippen LogP contribution is 2.18. The van der Waals surface area contributed by atoms with Gasteiger partial charge in [0.15, 0.2) is 0 Å². The van der Waals surface area contributed by atoms with Gasteiger partial charge in [-0.25, -0.2) is 0 Å². The monoisotopic (exact) mass is 205 g/mol. The van der Waals surface area contributed by atoms with E-state index in [1.165, 1.54) is 5.56 Å². The number of benzene rings is 1. The molecule has 0 aliphatic carbocycles. The quantitative estimate of drug-likeness (QED) is 0.818. The van der Waals surface area contributed by atoms with Crippen molar-refractivity contribution in [2.24, 2.45) is 0 Å². The van der Waals surface area contributed by atoms with Crippen LogP contribution in [0.25, 0.3) is 0 Å². The predicted octanol–water partition coefficient (Wildman–Crippen LogP) is 2.51. The Kier molecular flexibility index (Phi) is 3.39. The van der Waals surface area contributed by atoms with Crippen molar-refractivity contribution in [2.45, 2.75) is 38.5 Å². The summed E-state index contributed by atoms with van der Waals surface area (Å²) in [5, 5.41) is 3.62. The topological polar surface area (TPSA) is 21.3 Å². The maximum absolute atomic E-state index is 5.54. The molecular weight excluding hydrogens is 186 g/mol. The second kappa shape index (κ2) is 4.77. The molecule has 2 nitrogen and oxygen atoms in total. The van der Waals surface area contributed by atoms with Crippen LogP contribution >= 0.6 is 0 Å². The summed E-state index contributed by atoms with van der Waals surface area (Å²) in [4.78, 5) is 0. The van der Waals surface area contributed by atoms with E-state index in [2.05, 4.69) is 49.5 Å². The first-order valence-corrected chi connectivity index (χ1v) is 5.70. The SMILES string of the molecule is CC1OCCC1N[C@H](C)c1ccccc1. The van der Waals surface area contributed by atoms with Crippen molar-refractivity contribution >= 4 is 0 Å². The molecule has 2 heteroatoms. The minimum Gasteiger partial charge on any atom is -0.377 e. The summed E-state index contributed by atoms with van der Waals surface area (Å²) in [6.45, 7) is 5.24. The highest BCUT2D eigenvalue weighted by Gasteiger charge is 2.25. The van der Waals surface area contributed by atoms with Crippen LogP contribution in [0.3, 0.4) is 0 Å². The van der Waals surface area contributed by atoms with Crippen LogP contribution in [-0.4, -0.2) is 18.8 Å². The molecule has 82 valence electrons. The van der Waals surface area contributed by atoms with Gasteiger partial charge >= 0.3 is 0 Å². The van der Waals surface area contributed by atoms with E-state index in [1.807, 2.05) is 0 Å². The van der Waals surface area contributed by atoms with Gasteiger partial charge in [-0.15, -0.1) is 0 Å². The lowest BCUT2D eigenvalue weighted by molar-refractivity contribution is 0.111. The Hall–Kier alpha value is -0.860. The van der Waals surface area contributed by atoms with E-state index < -0.39 is 0 Å². The molecule has 1 aromatic carbocycles. The molecule has 0 saturated carbocycles. The minimum absolute atomic E-state index is 0.344. The van der Waals surface area contributed by atoms with Crippen molar-refractivity contribution in [3.8, 4) is 0 Å². The van der Waals surface area contributed by atoms with E-state index in [-0.39, 0.29) is 0 Å². The van der Waals surface area contributed by atoms with Crippen molar-refractivity contribution in [1.29, 1.82) is 0 Å². The molecule has 1 saturated heterocycles. The Morgan fingerprint density at radius 2 is 2.07 bits per heavy atom. The Labute approximate surface area is 91.6 Å². The molecule has 3 atom stereocenters. The fraction of sp³-hybridized carbons (Fsp3) is 0.538. The van der Waals surface area contributed by atoms with Crippen molar-refractivity contribution in [2.75, 3.05) is 6.61 Å². The summed E-state index contributed by atoms with van der Waals surface area (Å²) in [5.41, 5.74) is 1.34. The van der Waals surface area contributed by atoms with Crippen LogP contribution in [0.4, 0.5) is 0 Å². The van der Waals surface area contributed by atoms with Crippen molar-refractivity contribution < 1.29 is 4.74 Å². The van der Waals surface area contributed by atoms with Crippen LogP contribution < -0.4 is 5.32 Å². The fourth-order valence-corrected chi connectivity index (χ4v) is 2.11. The summed E-state index contributed by atoms with van der Waals surface area (Å²) in [6.07, 6.45) is 1.47. The molecule has 0 amide bonds. The van der Waals surface area contributed by atoms with E-state index in [0.29, 0.717) is 18.2 Å². The minimum atomic E-state index is 0.344. The molecule has 1 N–H and O–H groups in total. The van der Waals surface area contributed by atoms with Crippen LogP contribution in [0, 0.1) is 0 Å². The fourth-order valence-electron chi connectivity index (χ4n) is 2.11. The average molecular weight is 205 g/mol. The third-order valence-corrected chi connectivity index (χ3v) is 3.14. The molecule has 0 radical (unpaired) electrons. The summed E-state index contributed by atoms with van der Waals surface area (Å²) < 4.78 is 5.54. The zero-order chi connectivity index (χ0) is 10.7. The van der Waals surface area contributed by atoms with Gasteiger partial charge in [-0.1, -0.05) is 30.3 Å². The Morgan fingerprint density at radius 1 is 1.33 bits per heavy atom. The van der Waals surface area contributed by atoms with Crippen LogP contribution in [0.1, 0.15) is 31.9 Å². The summed E-state index contributed by atoms with van der Waals surface area (Å²) in [6, 6.07) is 11.5. The van der Waals surface area contributed by atoms with E-state index in [1.54, 1.807) is 0 Å². The highest BCUT2D eigenvalue weighted by atomic mass is 16.5. The lowest BCUT2D eigenvalue weighted by atomic mass is 10.1. The number of hydrogen-bond donors (Lipinski definition) is 1. The third kappa shape index (κ3) is 2.58. The summed E-state index contributed by atoms with van der Waals surface area (Å²) in [7, 11) is 0. The molecule has 1 aliphatic heterocycles. The Balaban J connectivity index is 1.95. The molecular formula is C13H19NO. The first-order chi connectivity index (χ1) is 7.27. The Morgan fingerprint density at radius 3 is 2.67 bits per heavy atom. The van der Waals surface area contributed by atoms with Gasteiger partial charge < -0.3 is 10.1 Å². The predicted molar refractivity (Wildman–Crippen MR) is 61.8 cm³/mol. The maximum atomic E-state index is 5.54. The van der Waals surface area contributed by atoms with Crippen LogP contribution in [0.2, 0.25) is 0 Å². The van der Waals surface area contributed by atoms with Gasteiger partial charge in [0.1, 0.15) is 0 Å². The molecule has 2 unspecified atom stereocenters. The van der Waals surface area contributed by atoms with Crippen LogP contribution in [-0.2, 0) is 4.74 Å². The standard InChI is InChI=1S/C13H19NO/c1-10(12-6-4-3-5-7-12)14-13-8-9-15-11(13)2/h3-7,10-11,13-14H,8-9H2,1-2H3/t10-,11?,13?/m1/s1. The molecule has 2 rings (SSSR count). The largest absolute Gasteiger partial charge is 0.377 e. The van der Waals surface area contributed by atoms with E-state index in [4.69, 9.17) is 4.74 Å². The summed E-state index contributed by atoms with van der Waals surface area (Å²) in [5.74, 6) is 0. The molecule has 0 spiro atoms. The van der Waals surface area contributed by atoms with Gasteiger partial charge in [0.2, 0.25) is 0 Å². The number of hydrogen-bond acceptors (Lipinski definition) is 2. The molecule has 15 heavy (non-hydrogen) atoms. The Bertz CT molecular complexity index is 299. The molecule has 1 aromatic rings. The van der Waals surface area contributed by atoms with Crippen molar-refractivity contribution in [3.63, 3.8) is 0 Å². The van der Waals surface area contributed by atoms with Crippen LogP contribution in [0.15, 0.2) is 30.3 Å². The molecule has 0 aromatic heterocycles. The molecule has 1 aliphatic rings.